The molecule has 0 aliphatic carbocycles. The van der Waals surface area contributed by atoms with Crippen molar-refractivity contribution in [1.82, 2.24) is 0 Å². The molecule has 0 radical (unpaired) electrons. The Morgan fingerprint density at radius 2 is 1.12 bits per heavy atom. The van der Waals surface area contributed by atoms with E-state index in [0.717, 1.165) is 12.6 Å². The third-order valence-corrected chi connectivity index (χ3v) is 5.23. The maximum atomic E-state index is 9.41. The molecular weight excluding hydrogens is 255 g/mol. The summed E-state index contributed by atoms with van der Waals surface area (Å²) in [5, 5.41) is 0. The number of unbranched alkanes of at least 4 members (excludes halogenated alkanes) is 9. The van der Waals surface area contributed by atoms with E-state index in [2.05, 4.69) is 31.4 Å². The van der Waals surface area contributed by atoms with Crippen molar-refractivity contribution in [3.05, 3.63) is 0 Å². The molecule has 0 aliphatic rings. The Kier molecular flexibility index (Phi) is 12.0. The van der Waals surface area contributed by atoms with Gasteiger partial charge in [-0.05, 0) is 0 Å². The summed E-state index contributed by atoms with van der Waals surface area (Å²) in [6.45, 7) is 2.26. The molecule has 0 fully saturated rings. The van der Waals surface area contributed by atoms with E-state index in [1.54, 1.807) is 0 Å². The summed E-state index contributed by atoms with van der Waals surface area (Å²) < 4.78 is 0. The van der Waals surface area contributed by atoms with Gasteiger partial charge in [-0.15, -0.1) is 0 Å². The predicted molar refractivity (Wildman–Crippen MR) is 85.2 cm³/mol. The minimum atomic E-state index is -2.36. The Hall–Kier alpha value is 1.09. The standard InChI is InChI=1S/C12H29OPS2/c1-2-3-4-5-6-7-8-9-10-11-12-14(13,15)16/h13-16H,2-12H2,1H3. The van der Waals surface area contributed by atoms with Gasteiger partial charge in [0, 0.05) is 0 Å². The third-order valence-electron chi connectivity index (χ3n) is 2.87. The minimum absolute atomic E-state index is 0.815. The number of rotatable bonds is 11. The molecular formula is C12H29OPS2. The van der Waals surface area contributed by atoms with Crippen LogP contribution in [-0.4, -0.2) is 11.1 Å². The molecule has 0 aromatic carbocycles. The van der Waals surface area contributed by atoms with E-state index in [9.17, 15) is 4.89 Å². The molecule has 0 aromatic rings. The van der Waals surface area contributed by atoms with Gasteiger partial charge < -0.3 is 0 Å². The Bertz CT molecular complexity index is 148. The van der Waals surface area contributed by atoms with Crippen molar-refractivity contribution in [3.8, 4) is 0 Å². The predicted octanol–water partition coefficient (Wildman–Crippen LogP) is 5.25. The van der Waals surface area contributed by atoms with Gasteiger partial charge in [-0.25, -0.2) is 0 Å². The molecule has 100 valence electrons. The molecule has 0 heterocycles. The quantitative estimate of drug-likeness (QED) is 0.269. The van der Waals surface area contributed by atoms with Gasteiger partial charge in [0.15, 0.2) is 0 Å². The second kappa shape index (κ2) is 11.2. The number of thiol groups is 2. The monoisotopic (exact) mass is 284 g/mol. The van der Waals surface area contributed by atoms with Gasteiger partial charge in [0.25, 0.3) is 0 Å². The second-order valence-electron chi connectivity index (χ2n) is 4.71. The Morgan fingerprint density at radius 3 is 1.50 bits per heavy atom. The van der Waals surface area contributed by atoms with Crippen LogP contribution in [0.2, 0.25) is 0 Å². The van der Waals surface area contributed by atoms with E-state index in [0.29, 0.717) is 0 Å². The molecule has 4 heteroatoms. The first kappa shape index (κ1) is 17.1. The van der Waals surface area contributed by atoms with Crippen LogP contribution in [0.4, 0.5) is 0 Å². The van der Waals surface area contributed by atoms with Gasteiger partial charge in [-0.3, -0.25) is 0 Å². The summed E-state index contributed by atoms with van der Waals surface area (Å²) >= 11 is 8.21. The van der Waals surface area contributed by atoms with E-state index >= 15 is 0 Å². The average molecular weight is 284 g/mol. The second-order valence-corrected chi connectivity index (χ2v) is 12.3. The zero-order valence-electron chi connectivity index (χ0n) is 10.6. The van der Waals surface area contributed by atoms with Crippen molar-refractivity contribution < 1.29 is 4.89 Å². The molecule has 0 spiro atoms. The summed E-state index contributed by atoms with van der Waals surface area (Å²) in [5.74, 6) is -2.36. The topological polar surface area (TPSA) is 20.2 Å². The van der Waals surface area contributed by atoms with Crippen molar-refractivity contribution in [2.24, 2.45) is 0 Å². The van der Waals surface area contributed by atoms with Crippen LogP contribution in [0.15, 0.2) is 0 Å². The van der Waals surface area contributed by atoms with E-state index in [4.69, 9.17) is 0 Å². The van der Waals surface area contributed by atoms with Crippen molar-refractivity contribution in [2.45, 2.75) is 71.1 Å². The molecule has 0 aromatic heterocycles. The SMILES string of the molecule is CCCCCCCCCCCC[PH](O)(S)S. The van der Waals surface area contributed by atoms with Crippen LogP contribution in [0.5, 0.6) is 0 Å². The Labute approximate surface area is 113 Å². The van der Waals surface area contributed by atoms with Gasteiger partial charge in [0.1, 0.15) is 0 Å². The van der Waals surface area contributed by atoms with Crippen molar-refractivity contribution in [2.75, 3.05) is 6.16 Å². The normalized spacial score (nSPS) is 13.0. The molecule has 0 amide bonds. The first-order chi connectivity index (χ1) is 7.56. The first-order valence-electron chi connectivity index (χ1n) is 6.73. The Balaban J connectivity index is 2.99. The van der Waals surface area contributed by atoms with E-state index in [-0.39, 0.29) is 0 Å². The van der Waals surface area contributed by atoms with Crippen LogP contribution in [-0.2, 0) is 0 Å². The van der Waals surface area contributed by atoms with Crippen molar-refractivity contribution >= 4 is 30.4 Å². The summed E-state index contributed by atoms with van der Waals surface area (Å²) in [6, 6.07) is 0. The molecule has 0 saturated carbocycles. The fourth-order valence-corrected chi connectivity index (χ4v) is 3.52. The van der Waals surface area contributed by atoms with Crippen LogP contribution in [0, 0.1) is 0 Å². The molecule has 0 bridgehead atoms. The average Bonchev–Trinajstić information content (AvgIpc) is 2.19. The van der Waals surface area contributed by atoms with E-state index in [1.807, 2.05) is 0 Å². The Morgan fingerprint density at radius 1 is 0.750 bits per heavy atom. The zero-order valence-corrected chi connectivity index (χ0v) is 13.4. The fourth-order valence-electron chi connectivity index (χ4n) is 1.85. The molecule has 1 N–H and O–H groups in total. The summed E-state index contributed by atoms with van der Waals surface area (Å²) in [4.78, 5) is 9.41. The molecule has 0 rings (SSSR count). The summed E-state index contributed by atoms with van der Waals surface area (Å²) in [7, 11) is 0. The summed E-state index contributed by atoms with van der Waals surface area (Å²) in [5.41, 5.74) is 0. The maximum absolute atomic E-state index is 9.41. The van der Waals surface area contributed by atoms with Gasteiger partial charge >= 0.3 is 113 Å². The van der Waals surface area contributed by atoms with Crippen molar-refractivity contribution in [1.29, 1.82) is 0 Å². The van der Waals surface area contributed by atoms with Crippen LogP contribution < -0.4 is 0 Å². The van der Waals surface area contributed by atoms with Gasteiger partial charge in [-0.2, -0.15) is 0 Å². The first-order valence-corrected chi connectivity index (χ1v) is 11.5. The molecule has 0 atom stereocenters. The van der Waals surface area contributed by atoms with Crippen LogP contribution >= 0.6 is 30.4 Å². The molecule has 0 saturated heterocycles. The third kappa shape index (κ3) is 15.1. The van der Waals surface area contributed by atoms with E-state index < -0.39 is 5.89 Å². The van der Waals surface area contributed by atoms with Gasteiger partial charge in [0.05, 0.1) is 0 Å². The van der Waals surface area contributed by atoms with Crippen molar-refractivity contribution in [3.63, 3.8) is 0 Å². The van der Waals surface area contributed by atoms with Gasteiger partial charge in [-0.1, -0.05) is 0 Å². The fraction of sp³-hybridized carbons (Fsp3) is 1.00. The number of hydrogen-bond acceptors (Lipinski definition) is 3. The van der Waals surface area contributed by atoms with Crippen LogP contribution in [0.25, 0.3) is 0 Å². The zero-order chi connectivity index (χ0) is 12.3. The molecule has 16 heavy (non-hydrogen) atoms. The summed E-state index contributed by atoms with van der Waals surface area (Å²) in [6.07, 6.45) is 14.1. The molecule has 0 aliphatic heterocycles. The van der Waals surface area contributed by atoms with Gasteiger partial charge in [0.2, 0.25) is 0 Å². The number of hydrogen-bond donors (Lipinski definition) is 3. The van der Waals surface area contributed by atoms with Crippen LogP contribution in [0.3, 0.4) is 0 Å². The molecule has 0 unspecified atom stereocenters. The van der Waals surface area contributed by atoms with Crippen LogP contribution in [0.1, 0.15) is 71.1 Å². The molecule has 1 nitrogen and oxygen atoms in total. The van der Waals surface area contributed by atoms with E-state index in [1.165, 1.54) is 57.8 Å².